The van der Waals surface area contributed by atoms with Crippen LogP contribution >= 0.6 is 0 Å². The van der Waals surface area contributed by atoms with Crippen molar-refractivity contribution in [2.24, 2.45) is 0 Å². The van der Waals surface area contributed by atoms with Gasteiger partial charge in [0, 0.05) is 32.5 Å². The second kappa shape index (κ2) is 6.41. The van der Waals surface area contributed by atoms with E-state index in [9.17, 15) is 0 Å². The highest BCUT2D eigenvalue weighted by Crippen LogP contribution is 2.33. The molecule has 7 nitrogen and oxygen atoms in total. The molecule has 118 valence electrons. The van der Waals surface area contributed by atoms with Gasteiger partial charge in [0.15, 0.2) is 5.82 Å². The number of methoxy groups -OCH3 is 2. The van der Waals surface area contributed by atoms with Crippen molar-refractivity contribution in [3.63, 3.8) is 0 Å². The van der Waals surface area contributed by atoms with Gasteiger partial charge in [-0.3, -0.25) is 4.90 Å². The number of aromatic nitrogens is 3. The highest BCUT2D eigenvalue weighted by Gasteiger charge is 2.36. The predicted molar refractivity (Wildman–Crippen MR) is 78.4 cm³/mol. The van der Waals surface area contributed by atoms with Gasteiger partial charge in [-0.25, -0.2) is 4.98 Å². The lowest BCUT2D eigenvalue weighted by molar-refractivity contribution is 0.107. The summed E-state index contributed by atoms with van der Waals surface area (Å²) in [5, 5.41) is 3.89. The predicted octanol–water partition coefficient (Wildman–Crippen LogP) is 1.74. The highest BCUT2D eigenvalue weighted by molar-refractivity contribution is 5.18. The number of nitrogens with zero attached hydrogens (tertiary/aromatic N) is 4. The first-order chi connectivity index (χ1) is 10.7. The molecule has 0 N–H and O–H groups in total. The van der Waals surface area contributed by atoms with E-state index in [1.807, 2.05) is 25.3 Å². The van der Waals surface area contributed by atoms with Gasteiger partial charge in [0.1, 0.15) is 0 Å². The zero-order chi connectivity index (χ0) is 15.5. The minimum Gasteiger partial charge on any atom is -0.481 e. The molecule has 0 spiro atoms. The molecule has 0 radical (unpaired) electrons. The Hall–Kier alpha value is -1.99. The van der Waals surface area contributed by atoms with Gasteiger partial charge in [0.2, 0.25) is 11.8 Å². The van der Waals surface area contributed by atoms with Gasteiger partial charge in [-0.1, -0.05) is 11.2 Å². The fourth-order valence-electron chi connectivity index (χ4n) is 2.77. The topological polar surface area (TPSA) is 73.5 Å². The number of aryl methyl sites for hydroxylation is 1. The van der Waals surface area contributed by atoms with Gasteiger partial charge in [0.05, 0.1) is 19.3 Å². The van der Waals surface area contributed by atoms with Crippen LogP contribution in [-0.4, -0.2) is 46.9 Å². The molecule has 3 rings (SSSR count). The molecule has 0 unspecified atom stereocenters. The number of rotatable bonds is 5. The molecular weight excluding hydrogens is 284 g/mol. The Kier molecular flexibility index (Phi) is 4.35. The summed E-state index contributed by atoms with van der Waals surface area (Å²) in [4.78, 5) is 10.9. The summed E-state index contributed by atoms with van der Waals surface area (Å²) >= 11 is 0. The Morgan fingerprint density at radius 1 is 1.36 bits per heavy atom. The lowest BCUT2D eigenvalue weighted by atomic mass is 10.2. The summed E-state index contributed by atoms with van der Waals surface area (Å²) in [6.45, 7) is 3.41. The summed E-state index contributed by atoms with van der Waals surface area (Å²) in [5.74, 6) is 1.92. The van der Waals surface area contributed by atoms with Crippen molar-refractivity contribution >= 4 is 0 Å². The van der Waals surface area contributed by atoms with Gasteiger partial charge >= 0.3 is 0 Å². The van der Waals surface area contributed by atoms with E-state index in [-0.39, 0.29) is 12.1 Å². The molecule has 0 amide bonds. The Labute approximate surface area is 129 Å². The Bertz CT molecular complexity index is 614. The first-order valence-electron chi connectivity index (χ1n) is 7.25. The SMILES string of the molecule is COc1ccc(CN2C[C@H](OC)C[C@@H]2c2nc(C)no2)cn1. The van der Waals surface area contributed by atoms with E-state index in [4.69, 9.17) is 14.0 Å². The molecular formula is C15H20N4O3. The van der Waals surface area contributed by atoms with Crippen LogP contribution in [0.2, 0.25) is 0 Å². The van der Waals surface area contributed by atoms with Crippen LogP contribution in [0, 0.1) is 6.92 Å². The number of hydrogen-bond acceptors (Lipinski definition) is 7. The summed E-state index contributed by atoms with van der Waals surface area (Å²) in [6.07, 6.45) is 2.85. The molecule has 0 bridgehead atoms. The van der Waals surface area contributed by atoms with E-state index in [0.717, 1.165) is 25.1 Å². The van der Waals surface area contributed by atoms with Crippen LogP contribution in [0.1, 0.15) is 29.7 Å². The fraction of sp³-hybridized carbons (Fsp3) is 0.533. The van der Waals surface area contributed by atoms with E-state index in [0.29, 0.717) is 17.6 Å². The number of likely N-dealkylation sites (tertiary alicyclic amines) is 1. The van der Waals surface area contributed by atoms with Crippen molar-refractivity contribution in [3.05, 3.63) is 35.6 Å². The molecule has 0 aliphatic carbocycles. The zero-order valence-corrected chi connectivity index (χ0v) is 13.0. The minimum absolute atomic E-state index is 0.0771. The molecule has 1 fully saturated rings. The summed E-state index contributed by atoms with van der Waals surface area (Å²) < 4.78 is 15.9. The Morgan fingerprint density at radius 3 is 2.82 bits per heavy atom. The Balaban J connectivity index is 1.76. The molecule has 2 aromatic heterocycles. The van der Waals surface area contributed by atoms with Crippen LogP contribution < -0.4 is 4.74 Å². The molecule has 0 aromatic carbocycles. The average Bonchev–Trinajstić information content (AvgIpc) is 3.14. The van der Waals surface area contributed by atoms with Crippen LogP contribution in [0.15, 0.2) is 22.9 Å². The van der Waals surface area contributed by atoms with Gasteiger partial charge in [-0.2, -0.15) is 4.98 Å². The van der Waals surface area contributed by atoms with Gasteiger partial charge in [-0.05, 0) is 18.9 Å². The van der Waals surface area contributed by atoms with E-state index < -0.39 is 0 Å². The highest BCUT2D eigenvalue weighted by atomic mass is 16.5. The molecule has 1 saturated heterocycles. The second-order valence-electron chi connectivity index (χ2n) is 5.43. The van der Waals surface area contributed by atoms with Crippen LogP contribution in [-0.2, 0) is 11.3 Å². The van der Waals surface area contributed by atoms with Crippen LogP contribution in [0.25, 0.3) is 0 Å². The number of pyridine rings is 1. The van der Waals surface area contributed by atoms with Crippen molar-refractivity contribution in [2.45, 2.75) is 32.0 Å². The summed E-state index contributed by atoms with van der Waals surface area (Å²) in [7, 11) is 3.35. The molecule has 3 heterocycles. The molecule has 22 heavy (non-hydrogen) atoms. The van der Waals surface area contributed by atoms with Crippen molar-refractivity contribution in [1.29, 1.82) is 0 Å². The lowest BCUT2D eigenvalue weighted by Gasteiger charge is -2.21. The first-order valence-corrected chi connectivity index (χ1v) is 7.25. The largest absolute Gasteiger partial charge is 0.481 e. The zero-order valence-electron chi connectivity index (χ0n) is 13.0. The monoisotopic (exact) mass is 304 g/mol. The van der Waals surface area contributed by atoms with Crippen molar-refractivity contribution in [1.82, 2.24) is 20.0 Å². The van der Waals surface area contributed by atoms with E-state index in [1.54, 1.807) is 14.2 Å². The normalized spacial score (nSPS) is 22.1. The van der Waals surface area contributed by atoms with Crippen LogP contribution in [0.4, 0.5) is 0 Å². The Morgan fingerprint density at radius 2 is 2.23 bits per heavy atom. The minimum atomic E-state index is 0.0771. The third kappa shape index (κ3) is 3.10. The van der Waals surface area contributed by atoms with E-state index >= 15 is 0 Å². The second-order valence-corrected chi connectivity index (χ2v) is 5.43. The fourth-order valence-corrected chi connectivity index (χ4v) is 2.77. The third-order valence-corrected chi connectivity index (χ3v) is 3.92. The third-order valence-electron chi connectivity index (χ3n) is 3.92. The summed E-state index contributed by atoms with van der Waals surface area (Å²) in [6, 6.07) is 3.96. The lowest BCUT2D eigenvalue weighted by Crippen LogP contribution is -2.25. The molecule has 2 atom stereocenters. The van der Waals surface area contributed by atoms with Gasteiger partial charge < -0.3 is 14.0 Å². The van der Waals surface area contributed by atoms with Gasteiger partial charge in [-0.15, -0.1) is 0 Å². The number of hydrogen-bond donors (Lipinski definition) is 0. The van der Waals surface area contributed by atoms with E-state index in [2.05, 4.69) is 20.0 Å². The molecule has 1 aliphatic rings. The van der Waals surface area contributed by atoms with Crippen molar-refractivity contribution in [3.8, 4) is 5.88 Å². The molecule has 1 aliphatic heterocycles. The number of ether oxygens (including phenoxy) is 2. The smallest absolute Gasteiger partial charge is 0.244 e. The first kappa shape index (κ1) is 14.9. The van der Waals surface area contributed by atoms with E-state index in [1.165, 1.54) is 0 Å². The quantitative estimate of drug-likeness (QED) is 0.833. The maximum atomic E-state index is 5.51. The average molecular weight is 304 g/mol. The maximum absolute atomic E-state index is 5.51. The van der Waals surface area contributed by atoms with Crippen molar-refractivity contribution in [2.75, 3.05) is 20.8 Å². The standard InChI is InChI=1S/C15H20N4O3/c1-10-17-15(22-18-10)13-6-12(20-2)9-19(13)8-11-4-5-14(21-3)16-7-11/h4-5,7,12-13H,6,8-9H2,1-3H3/t12-,13-/m1/s1. The molecule has 7 heteroatoms. The van der Waals surface area contributed by atoms with Crippen LogP contribution in [0.3, 0.4) is 0 Å². The van der Waals surface area contributed by atoms with Crippen LogP contribution in [0.5, 0.6) is 5.88 Å². The van der Waals surface area contributed by atoms with Crippen molar-refractivity contribution < 1.29 is 14.0 Å². The van der Waals surface area contributed by atoms with Gasteiger partial charge in [0.25, 0.3) is 0 Å². The molecule has 2 aromatic rings. The maximum Gasteiger partial charge on any atom is 0.244 e. The summed E-state index contributed by atoms with van der Waals surface area (Å²) in [5.41, 5.74) is 1.11. The molecule has 0 saturated carbocycles.